The molecule has 0 N–H and O–H groups in total. The Morgan fingerprint density at radius 3 is 2.55 bits per heavy atom. The summed E-state index contributed by atoms with van der Waals surface area (Å²) in [5, 5.41) is 0.110. The first-order valence-corrected chi connectivity index (χ1v) is 11.5. The lowest BCUT2D eigenvalue weighted by molar-refractivity contribution is 0.122. The van der Waals surface area contributed by atoms with Crippen LogP contribution in [0.4, 0.5) is 10.1 Å². The first kappa shape index (κ1) is 19.0. The third-order valence-corrected chi connectivity index (χ3v) is 8.18. The van der Waals surface area contributed by atoms with Gasteiger partial charge in [-0.15, -0.1) is 0 Å². The molecule has 3 aliphatic rings. The summed E-state index contributed by atoms with van der Waals surface area (Å²) in [4.78, 5) is 6.02. The molecule has 0 bridgehead atoms. The van der Waals surface area contributed by atoms with E-state index >= 15 is 0 Å². The van der Waals surface area contributed by atoms with Gasteiger partial charge in [0, 0.05) is 39.4 Å². The van der Waals surface area contributed by atoms with Gasteiger partial charge < -0.3 is 14.2 Å². The van der Waals surface area contributed by atoms with Crippen LogP contribution >= 0.6 is 0 Å². The third kappa shape index (κ3) is 3.45. The SMILES string of the molecule is Cn1cnc(S(=O)(=O)N2CC3C(Cc4ccc(N5CCOCC5)c(F)c4)C3C2)c1. The van der Waals surface area contributed by atoms with Crippen LogP contribution in [-0.4, -0.2) is 61.7 Å². The molecule has 2 aromatic rings. The average molecular weight is 421 g/mol. The van der Waals surface area contributed by atoms with Gasteiger partial charge in [0.1, 0.15) is 5.82 Å². The van der Waals surface area contributed by atoms with Gasteiger partial charge in [0.25, 0.3) is 10.0 Å². The number of benzene rings is 1. The van der Waals surface area contributed by atoms with Crippen LogP contribution in [0.2, 0.25) is 0 Å². The molecule has 9 heteroatoms. The van der Waals surface area contributed by atoms with Gasteiger partial charge in [-0.1, -0.05) is 6.07 Å². The number of fused-ring (bicyclic) bond motifs is 1. The molecule has 0 radical (unpaired) electrons. The van der Waals surface area contributed by atoms with Crippen LogP contribution in [0.25, 0.3) is 0 Å². The summed E-state index contributed by atoms with van der Waals surface area (Å²) in [6.45, 7) is 3.74. The monoisotopic (exact) mass is 420 g/mol. The molecule has 1 aromatic heterocycles. The molecule has 3 heterocycles. The molecular weight excluding hydrogens is 395 g/mol. The highest BCUT2D eigenvalue weighted by Crippen LogP contribution is 2.54. The highest BCUT2D eigenvalue weighted by Gasteiger charge is 2.57. The molecule has 1 aliphatic carbocycles. The van der Waals surface area contributed by atoms with Gasteiger partial charge in [-0.3, -0.25) is 0 Å². The van der Waals surface area contributed by atoms with Crippen LogP contribution in [0.15, 0.2) is 35.7 Å². The minimum absolute atomic E-state index is 0.110. The van der Waals surface area contributed by atoms with E-state index in [1.54, 1.807) is 22.0 Å². The Morgan fingerprint density at radius 2 is 1.93 bits per heavy atom. The molecule has 2 saturated heterocycles. The number of rotatable bonds is 5. The van der Waals surface area contributed by atoms with E-state index in [2.05, 4.69) is 4.98 Å². The maximum Gasteiger partial charge on any atom is 0.262 e. The van der Waals surface area contributed by atoms with E-state index in [1.165, 1.54) is 12.5 Å². The molecule has 0 amide bonds. The number of anilines is 1. The van der Waals surface area contributed by atoms with Gasteiger partial charge in [0.15, 0.2) is 5.03 Å². The molecule has 1 saturated carbocycles. The predicted molar refractivity (Wildman–Crippen MR) is 106 cm³/mol. The number of aryl methyl sites for hydroxylation is 1. The minimum atomic E-state index is -3.52. The summed E-state index contributed by atoms with van der Waals surface area (Å²) < 4.78 is 48.5. The number of sulfonamides is 1. The second-order valence-electron chi connectivity index (χ2n) is 8.28. The number of aromatic nitrogens is 2. The number of morpholine rings is 1. The molecule has 29 heavy (non-hydrogen) atoms. The normalized spacial score (nSPS) is 27.2. The first-order valence-electron chi connectivity index (χ1n) is 10.0. The van der Waals surface area contributed by atoms with Crippen LogP contribution in [0.1, 0.15) is 5.56 Å². The second kappa shape index (κ2) is 7.07. The van der Waals surface area contributed by atoms with E-state index in [4.69, 9.17) is 4.74 Å². The zero-order valence-electron chi connectivity index (χ0n) is 16.4. The Balaban J connectivity index is 1.21. The van der Waals surface area contributed by atoms with Gasteiger partial charge in [-0.25, -0.2) is 17.8 Å². The molecule has 2 aliphatic heterocycles. The van der Waals surface area contributed by atoms with Gasteiger partial charge in [0.2, 0.25) is 0 Å². The zero-order valence-corrected chi connectivity index (χ0v) is 17.2. The molecule has 1 aromatic carbocycles. The summed E-state index contributed by atoms with van der Waals surface area (Å²) >= 11 is 0. The lowest BCUT2D eigenvalue weighted by Crippen LogP contribution is -2.36. The van der Waals surface area contributed by atoms with Crippen molar-refractivity contribution < 1.29 is 17.5 Å². The Hall–Kier alpha value is -1.97. The van der Waals surface area contributed by atoms with Crippen LogP contribution in [0.5, 0.6) is 0 Å². The van der Waals surface area contributed by atoms with Gasteiger partial charge >= 0.3 is 0 Å². The zero-order chi connectivity index (χ0) is 20.2. The Labute approximate surface area is 170 Å². The molecule has 7 nitrogen and oxygen atoms in total. The number of nitrogens with zero attached hydrogens (tertiary/aromatic N) is 4. The Morgan fingerprint density at radius 1 is 1.21 bits per heavy atom. The van der Waals surface area contributed by atoms with Crippen molar-refractivity contribution >= 4 is 15.7 Å². The van der Waals surface area contributed by atoms with Gasteiger partial charge in [-0.05, 0) is 41.9 Å². The Bertz CT molecular complexity index is 1010. The van der Waals surface area contributed by atoms with Crippen molar-refractivity contribution in [3.63, 3.8) is 0 Å². The molecule has 5 rings (SSSR count). The summed E-state index contributed by atoms with van der Waals surface area (Å²) in [6, 6.07) is 5.51. The van der Waals surface area contributed by atoms with Gasteiger partial charge in [0.05, 0.1) is 25.2 Å². The molecule has 3 fully saturated rings. The summed E-state index contributed by atoms with van der Waals surface area (Å²) in [6.07, 6.45) is 3.84. The molecule has 0 spiro atoms. The number of ether oxygens (including phenoxy) is 1. The van der Waals surface area contributed by atoms with Crippen molar-refractivity contribution in [2.45, 2.75) is 11.4 Å². The molecule has 2 unspecified atom stereocenters. The number of imidazole rings is 1. The topological polar surface area (TPSA) is 67.7 Å². The van der Waals surface area contributed by atoms with Crippen LogP contribution in [0, 0.1) is 23.6 Å². The molecule has 156 valence electrons. The first-order chi connectivity index (χ1) is 13.9. The minimum Gasteiger partial charge on any atom is -0.378 e. The summed E-state index contributed by atoms with van der Waals surface area (Å²) in [5.74, 6) is 0.958. The van der Waals surface area contributed by atoms with E-state index in [0.29, 0.717) is 62.8 Å². The van der Waals surface area contributed by atoms with Crippen LogP contribution in [-0.2, 0) is 28.2 Å². The van der Waals surface area contributed by atoms with Crippen molar-refractivity contribution in [3.05, 3.63) is 42.1 Å². The van der Waals surface area contributed by atoms with Crippen molar-refractivity contribution in [1.29, 1.82) is 0 Å². The van der Waals surface area contributed by atoms with E-state index in [0.717, 1.165) is 12.0 Å². The second-order valence-corrected chi connectivity index (χ2v) is 10.2. The highest BCUT2D eigenvalue weighted by atomic mass is 32.2. The maximum atomic E-state index is 14.6. The third-order valence-electron chi connectivity index (χ3n) is 6.46. The van der Waals surface area contributed by atoms with E-state index in [1.807, 2.05) is 17.0 Å². The van der Waals surface area contributed by atoms with Gasteiger partial charge in [-0.2, -0.15) is 4.31 Å². The van der Waals surface area contributed by atoms with Crippen LogP contribution < -0.4 is 4.90 Å². The Kier molecular flexibility index (Phi) is 4.64. The predicted octanol–water partition coefficient (Wildman–Crippen LogP) is 1.50. The quantitative estimate of drug-likeness (QED) is 0.734. The van der Waals surface area contributed by atoms with E-state index < -0.39 is 10.0 Å². The summed E-state index contributed by atoms with van der Waals surface area (Å²) in [7, 11) is -1.76. The number of hydrogen-bond donors (Lipinski definition) is 0. The van der Waals surface area contributed by atoms with Crippen molar-refractivity contribution in [2.75, 3.05) is 44.3 Å². The fourth-order valence-electron chi connectivity index (χ4n) is 4.77. The largest absolute Gasteiger partial charge is 0.378 e. The maximum absolute atomic E-state index is 14.6. The van der Waals surface area contributed by atoms with Crippen molar-refractivity contribution in [1.82, 2.24) is 13.9 Å². The smallest absolute Gasteiger partial charge is 0.262 e. The van der Waals surface area contributed by atoms with Crippen LogP contribution in [0.3, 0.4) is 0 Å². The van der Waals surface area contributed by atoms with E-state index in [-0.39, 0.29) is 10.8 Å². The standard InChI is InChI=1S/C20H25FN4O3S/c1-23-12-20(22-13-23)29(26,27)25-10-16-15(17(16)11-25)8-14-2-3-19(18(21)9-14)24-4-6-28-7-5-24/h2-3,9,12-13,15-17H,4-8,10-11H2,1H3. The summed E-state index contributed by atoms with van der Waals surface area (Å²) in [5.41, 5.74) is 1.62. The molecule has 2 atom stereocenters. The number of hydrogen-bond acceptors (Lipinski definition) is 5. The highest BCUT2D eigenvalue weighted by molar-refractivity contribution is 7.89. The van der Waals surface area contributed by atoms with Crippen molar-refractivity contribution in [3.8, 4) is 0 Å². The number of halogens is 1. The molecular formula is C20H25FN4O3S. The van der Waals surface area contributed by atoms with Crippen molar-refractivity contribution in [2.24, 2.45) is 24.8 Å². The fraction of sp³-hybridized carbons (Fsp3) is 0.550. The van der Waals surface area contributed by atoms with E-state index in [9.17, 15) is 12.8 Å². The lowest BCUT2D eigenvalue weighted by atomic mass is 10.0. The fourth-order valence-corrected chi connectivity index (χ4v) is 6.26. The lowest BCUT2D eigenvalue weighted by Gasteiger charge is -2.29. The average Bonchev–Trinajstić information content (AvgIpc) is 3.07. The number of piperidine rings is 1.